The third-order valence-electron chi connectivity index (χ3n) is 2.34. The smallest absolute Gasteiger partial charge is 0.303 e. The van der Waals surface area contributed by atoms with E-state index in [0.717, 1.165) is 11.3 Å². The number of aliphatic carboxylic acids is 1. The van der Waals surface area contributed by atoms with Crippen molar-refractivity contribution in [3.63, 3.8) is 0 Å². The molecule has 1 aromatic carbocycles. The third-order valence-corrected chi connectivity index (χ3v) is 2.34. The summed E-state index contributed by atoms with van der Waals surface area (Å²) in [6, 6.07) is 7.80. The molecular weight excluding hydrogens is 204 g/mol. The Morgan fingerprint density at radius 2 is 2.31 bits per heavy atom. The number of imidazole rings is 1. The van der Waals surface area contributed by atoms with E-state index in [1.165, 1.54) is 0 Å². The molecule has 0 saturated heterocycles. The zero-order valence-corrected chi connectivity index (χ0v) is 8.71. The van der Waals surface area contributed by atoms with Crippen molar-refractivity contribution in [1.29, 1.82) is 0 Å². The highest BCUT2D eigenvalue weighted by atomic mass is 16.4. The van der Waals surface area contributed by atoms with Gasteiger partial charge in [0.1, 0.15) is 0 Å². The molecule has 0 fully saturated rings. The van der Waals surface area contributed by atoms with Gasteiger partial charge in [0.2, 0.25) is 0 Å². The lowest BCUT2D eigenvalue weighted by atomic mass is 10.1. The van der Waals surface area contributed by atoms with Crippen LogP contribution in [0.5, 0.6) is 0 Å². The summed E-state index contributed by atoms with van der Waals surface area (Å²) in [4.78, 5) is 14.4. The predicted octanol–water partition coefficient (Wildman–Crippen LogP) is 1.89. The summed E-state index contributed by atoms with van der Waals surface area (Å²) in [6.07, 6.45) is 6.00. The van der Waals surface area contributed by atoms with Crippen molar-refractivity contribution in [2.75, 3.05) is 0 Å². The van der Waals surface area contributed by atoms with Gasteiger partial charge in [0.05, 0.1) is 6.33 Å². The topological polar surface area (TPSA) is 55.1 Å². The molecule has 0 bridgehead atoms. The number of carboxylic acid groups (broad SMARTS) is 1. The van der Waals surface area contributed by atoms with Gasteiger partial charge in [-0.25, -0.2) is 4.98 Å². The second kappa shape index (κ2) is 4.61. The fraction of sp³-hybridized carbons (Fsp3) is 0.167. The molecule has 0 saturated carbocycles. The van der Waals surface area contributed by atoms with Crippen LogP contribution >= 0.6 is 0 Å². The van der Waals surface area contributed by atoms with Crippen molar-refractivity contribution in [2.24, 2.45) is 0 Å². The monoisotopic (exact) mass is 216 g/mol. The summed E-state index contributed by atoms with van der Waals surface area (Å²) < 4.78 is 1.89. The summed E-state index contributed by atoms with van der Waals surface area (Å²) in [5.74, 6) is -0.770. The van der Waals surface area contributed by atoms with Gasteiger partial charge in [-0.3, -0.25) is 4.79 Å². The van der Waals surface area contributed by atoms with Crippen LogP contribution in [0, 0.1) is 0 Å². The molecule has 1 heterocycles. The molecule has 0 aliphatic carbocycles. The van der Waals surface area contributed by atoms with Crippen molar-refractivity contribution < 1.29 is 9.90 Å². The molecule has 0 spiro atoms. The highest BCUT2D eigenvalue weighted by Gasteiger charge is 2.01. The molecule has 0 aliphatic rings. The molecule has 1 aromatic heterocycles. The normalized spacial score (nSPS) is 10.2. The van der Waals surface area contributed by atoms with Crippen LogP contribution in [0.4, 0.5) is 0 Å². The van der Waals surface area contributed by atoms with Crippen LogP contribution in [0.1, 0.15) is 12.0 Å². The molecule has 2 rings (SSSR count). The van der Waals surface area contributed by atoms with Gasteiger partial charge in [-0.05, 0) is 24.1 Å². The molecule has 0 aliphatic heterocycles. The van der Waals surface area contributed by atoms with Crippen LogP contribution in [-0.4, -0.2) is 20.6 Å². The number of aromatic nitrogens is 2. The number of rotatable bonds is 4. The number of nitrogens with zero attached hydrogens (tertiary/aromatic N) is 2. The van der Waals surface area contributed by atoms with Gasteiger partial charge < -0.3 is 9.67 Å². The molecular formula is C12H12N2O2. The zero-order chi connectivity index (χ0) is 11.4. The summed E-state index contributed by atoms with van der Waals surface area (Å²) in [5.41, 5.74) is 2.02. The van der Waals surface area contributed by atoms with Gasteiger partial charge in [0.15, 0.2) is 0 Å². The lowest BCUT2D eigenvalue weighted by molar-refractivity contribution is -0.136. The Morgan fingerprint density at radius 1 is 1.44 bits per heavy atom. The van der Waals surface area contributed by atoms with Gasteiger partial charge in [-0.2, -0.15) is 0 Å². The first-order valence-electron chi connectivity index (χ1n) is 5.05. The fourth-order valence-corrected chi connectivity index (χ4v) is 1.54. The summed E-state index contributed by atoms with van der Waals surface area (Å²) in [6.45, 7) is 0. The Kier molecular flexibility index (Phi) is 3.00. The Morgan fingerprint density at radius 3 is 3.00 bits per heavy atom. The summed E-state index contributed by atoms with van der Waals surface area (Å²) >= 11 is 0. The highest BCUT2D eigenvalue weighted by molar-refractivity contribution is 5.67. The van der Waals surface area contributed by atoms with Gasteiger partial charge in [0.25, 0.3) is 0 Å². The highest BCUT2D eigenvalue weighted by Crippen LogP contribution is 2.11. The van der Waals surface area contributed by atoms with Crippen molar-refractivity contribution in [3.8, 4) is 5.69 Å². The first-order valence-corrected chi connectivity index (χ1v) is 5.05. The average molecular weight is 216 g/mol. The standard InChI is InChI=1S/C12H12N2O2/c15-12(16)5-4-10-2-1-3-11(8-10)14-7-6-13-9-14/h1-3,6-9H,4-5H2,(H,15,16). The van der Waals surface area contributed by atoms with Crippen molar-refractivity contribution in [2.45, 2.75) is 12.8 Å². The second-order valence-electron chi connectivity index (χ2n) is 3.53. The number of aryl methyl sites for hydroxylation is 1. The van der Waals surface area contributed by atoms with E-state index in [2.05, 4.69) is 4.98 Å². The first kappa shape index (κ1) is 10.4. The SMILES string of the molecule is O=C(O)CCc1cccc(-n2ccnc2)c1. The molecule has 0 radical (unpaired) electrons. The van der Waals surface area contributed by atoms with Gasteiger partial charge in [-0.1, -0.05) is 12.1 Å². The van der Waals surface area contributed by atoms with E-state index < -0.39 is 5.97 Å². The van der Waals surface area contributed by atoms with Crippen LogP contribution in [0.25, 0.3) is 5.69 Å². The molecule has 0 unspecified atom stereocenters. The van der Waals surface area contributed by atoms with Crippen LogP contribution in [0.3, 0.4) is 0 Å². The molecule has 1 N–H and O–H groups in total. The maximum atomic E-state index is 10.5. The van der Waals surface area contributed by atoms with E-state index in [9.17, 15) is 4.79 Å². The first-order chi connectivity index (χ1) is 7.75. The van der Waals surface area contributed by atoms with Gasteiger partial charge in [-0.15, -0.1) is 0 Å². The van der Waals surface area contributed by atoms with Crippen LogP contribution in [-0.2, 0) is 11.2 Å². The summed E-state index contributed by atoms with van der Waals surface area (Å²) in [7, 11) is 0. The van der Waals surface area contributed by atoms with E-state index in [1.807, 2.05) is 35.0 Å². The minimum atomic E-state index is -0.770. The molecule has 0 amide bonds. The lowest BCUT2D eigenvalue weighted by Gasteiger charge is -2.04. The number of carboxylic acids is 1. The van der Waals surface area contributed by atoms with E-state index >= 15 is 0 Å². The minimum Gasteiger partial charge on any atom is -0.481 e. The summed E-state index contributed by atoms with van der Waals surface area (Å²) in [5, 5.41) is 8.61. The van der Waals surface area contributed by atoms with E-state index in [1.54, 1.807) is 12.5 Å². The van der Waals surface area contributed by atoms with E-state index in [4.69, 9.17) is 5.11 Å². The average Bonchev–Trinajstić information content (AvgIpc) is 2.80. The Hall–Kier alpha value is -2.10. The molecule has 2 aromatic rings. The molecule has 4 heteroatoms. The van der Waals surface area contributed by atoms with Crippen molar-refractivity contribution in [3.05, 3.63) is 48.5 Å². The number of hydrogen-bond donors (Lipinski definition) is 1. The zero-order valence-electron chi connectivity index (χ0n) is 8.71. The maximum Gasteiger partial charge on any atom is 0.303 e. The van der Waals surface area contributed by atoms with Gasteiger partial charge in [0, 0.05) is 24.5 Å². The number of carbonyl (C=O) groups is 1. The van der Waals surface area contributed by atoms with E-state index in [-0.39, 0.29) is 6.42 Å². The quantitative estimate of drug-likeness (QED) is 0.849. The predicted molar refractivity (Wildman–Crippen MR) is 59.5 cm³/mol. The molecule has 4 nitrogen and oxygen atoms in total. The Labute approximate surface area is 93.2 Å². The largest absolute Gasteiger partial charge is 0.481 e. The second-order valence-corrected chi connectivity index (χ2v) is 3.53. The van der Waals surface area contributed by atoms with Gasteiger partial charge >= 0.3 is 5.97 Å². The number of hydrogen-bond acceptors (Lipinski definition) is 2. The lowest BCUT2D eigenvalue weighted by Crippen LogP contribution is -1.98. The van der Waals surface area contributed by atoms with Crippen LogP contribution in [0.15, 0.2) is 43.0 Å². The number of benzene rings is 1. The Balaban J connectivity index is 2.17. The Bertz CT molecular complexity index is 478. The van der Waals surface area contributed by atoms with Crippen LogP contribution in [0.2, 0.25) is 0 Å². The van der Waals surface area contributed by atoms with E-state index in [0.29, 0.717) is 6.42 Å². The molecule has 82 valence electrons. The fourth-order valence-electron chi connectivity index (χ4n) is 1.54. The van der Waals surface area contributed by atoms with Crippen LogP contribution < -0.4 is 0 Å². The van der Waals surface area contributed by atoms with Crippen molar-refractivity contribution in [1.82, 2.24) is 9.55 Å². The third kappa shape index (κ3) is 2.48. The molecule has 16 heavy (non-hydrogen) atoms. The molecule has 0 atom stereocenters. The maximum absolute atomic E-state index is 10.5. The van der Waals surface area contributed by atoms with Crippen molar-refractivity contribution >= 4 is 5.97 Å². The minimum absolute atomic E-state index is 0.160.